The van der Waals surface area contributed by atoms with Crippen molar-refractivity contribution < 1.29 is 14.6 Å². The lowest BCUT2D eigenvalue weighted by molar-refractivity contribution is -0.646. The van der Waals surface area contributed by atoms with Gasteiger partial charge >= 0.3 is 11.8 Å². The van der Waals surface area contributed by atoms with Crippen LogP contribution >= 0.6 is 0 Å². The van der Waals surface area contributed by atoms with Crippen molar-refractivity contribution in [3.8, 4) is 0 Å². The Bertz CT molecular complexity index is 690. The van der Waals surface area contributed by atoms with E-state index in [2.05, 4.69) is 5.11 Å². The SMILES string of the molecule is O=C1c2ccccc2C(=O)N1[N+]([O-])=Nc1ccccc1. The molecule has 0 atom stereocenters. The lowest BCUT2D eigenvalue weighted by atomic mass is 10.1. The normalized spacial score (nSPS) is 14.6. The Labute approximate surface area is 114 Å². The maximum atomic E-state index is 12.0. The Morgan fingerprint density at radius 1 is 0.850 bits per heavy atom. The molecule has 0 N–H and O–H groups in total. The van der Waals surface area contributed by atoms with E-state index < -0.39 is 11.8 Å². The molecule has 0 spiro atoms. The molecule has 0 fully saturated rings. The fraction of sp³-hybridized carbons (Fsp3) is 0. The molecule has 2 aromatic rings. The van der Waals surface area contributed by atoms with Gasteiger partial charge in [0.1, 0.15) is 5.69 Å². The zero-order valence-corrected chi connectivity index (χ0v) is 10.3. The summed E-state index contributed by atoms with van der Waals surface area (Å²) < 4.78 is 0. The highest BCUT2D eigenvalue weighted by Crippen LogP contribution is 2.23. The second-order valence-corrected chi connectivity index (χ2v) is 4.16. The van der Waals surface area contributed by atoms with Gasteiger partial charge in [-0.2, -0.15) is 0 Å². The molecule has 0 saturated heterocycles. The Morgan fingerprint density at radius 3 is 1.90 bits per heavy atom. The summed E-state index contributed by atoms with van der Waals surface area (Å²) in [6.45, 7) is 0. The molecule has 3 rings (SSSR count). The van der Waals surface area contributed by atoms with Crippen molar-refractivity contribution in [3.05, 3.63) is 70.9 Å². The van der Waals surface area contributed by atoms with E-state index in [0.29, 0.717) is 10.7 Å². The number of rotatable bonds is 2. The van der Waals surface area contributed by atoms with Crippen LogP contribution in [0.15, 0.2) is 59.7 Å². The van der Waals surface area contributed by atoms with Gasteiger partial charge in [0.15, 0.2) is 0 Å². The standard InChI is InChI=1S/C14H9N3O3/c18-13-11-8-4-5-9-12(11)14(19)16(13)17(20)15-10-6-2-1-3-7-10/h1-9H. The smallest absolute Gasteiger partial charge is 0.322 e. The molecule has 1 heterocycles. The van der Waals surface area contributed by atoms with E-state index in [4.69, 9.17) is 0 Å². The molecule has 0 bridgehead atoms. The van der Waals surface area contributed by atoms with Crippen LogP contribution < -0.4 is 0 Å². The number of hydrazine groups is 1. The van der Waals surface area contributed by atoms with Gasteiger partial charge in [0.25, 0.3) is 0 Å². The molecule has 98 valence electrons. The van der Waals surface area contributed by atoms with Crippen molar-refractivity contribution in [2.24, 2.45) is 5.11 Å². The van der Waals surface area contributed by atoms with Gasteiger partial charge in [-0.25, -0.2) is 0 Å². The highest BCUT2D eigenvalue weighted by atomic mass is 16.6. The molecule has 1 aliphatic heterocycles. The van der Waals surface area contributed by atoms with E-state index in [0.717, 1.165) is 0 Å². The van der Waals surface area contributed by atoms with Crippen LogP contribution in [0.4, 0.5) is 5.69 Å². The number of hydrogen-bond acceptors (Lipinski definition) is 4. The van der Waals surface area contributed by atoms with Crippen molar-refractivity contribution in [1.29, 1.82) is 0 Å². The first-order valence-corrected chi connectivity index (χ1v) is 5.90. The number of carbonyl (C=O) groups excluding carboxylic acids is 2. The molecular weight excluding hydrogens is 258 g/mol. The number of amides is 2. The quantitative estimate of drug-likeness (QED) is 0.363. The second-order valence-electron chi connectivity index (χ2n) is 4.16. The number of fused-ring (bicyclic) bond motifs is 1. The fourth-order valence-corrected chi connectivity index (χ4v) is 1.97. The van der Waals surface area contributed by atoms with E-state index in [1.54, 1.807) is 42.5 Å². The first kappa shape index (κ1) is 12.0. The van der Waals surface area contributed by atoms with Crippen LogP contribution in [0, 0.1) is 5.21 Å². The minimum absolute atomic E-state index is 0.0278. The molecule has 20 heavy (non-hydrogen) atoms. The van der Waals surface area contributed by atoms with Crippen LogP contribution in [0.25, 0.3) is 0 Å². The Kier molecular flexibility index (Phi) is 2.76. The van der Waals surface area contributed by atoms with E-state index in [-0.39, 0.29) is 16.1 Å². The van der Waals surface area contributed by atoms with Crippen LogP contribution in [-0.4, -0.2) is 21.8 Å². The number of hydrogen-bond donors (Lipinski definition) is 0. The van der Waals surface area contributed by atoms with Gasteiger partial charge in [-0.3, -0.25) is 9.59 Å². The maximum Gasteiger partial charge on any atom is 0.322 e. The zero-order chi connectivity index (χ0) is 14.1. The average molecular weight is 267 g/mol. The molecule has 1 aliphatic rings. The Balaban J connectivity index is 1.99. The molecule has 6 heteroatoms. The summed E-state index contributed by atoms with van der Waals surface area (Å²) in [7, 11) is 0. The number of imide groups is 1. The van der Waals surface area contributed by atoms with Crippen LogP contribution in [-0.2, 0) is 0 Å². The van der Waals surface area contributed by atoms with E-state index in [1.807, 2.05) is 0 Å². The molecule has 2 amide bonds. The fourth-order valence-electron chi connectivity index (χ4n) is 1.97. The van der Waals surface area contributed by atoms with Crippen molar-refractivity contribution in [1.82, 2.24) is 5.01 Å². The Morgan fingerprint density at radius 2 is 1.35 bits per heavy atom. The predicted molar refractivity (Wildman–Crippen MR) is 69.1 cm³/mol. The van der Waals surface area contributed by atoms with Gasteiger partial charge in [-0.05, 0) is 29.3 Å². The Hall–Kier alpha value is -3.02. The predicted octanol–water partition coefficient (Wildman–Crippen LogP) is 2.49. The third-order valence-corrected chi connectivity index (χ3v) is 2.90. The summed E-state index contributed by atoms with van der Waals surface area (Å²) in [5.41, 5.74) is 0.780. The van der Waals surface area contributed by atoms with E-state index in [9.17, 15) is 14.8 Å². The highest BCUT2D eigenvalue weighted by molar-refractivity contribution is 6.20. The van der Waals surface area contributed by atoms with Gasteiger partial charge in [0, 0.05) is 5.11 Å². The molecule has 6 nitrogen and oxygen atoms in total. The lowest BCUT2D eigenvalue weighted by Crippen LogP contribution is -2.35. The first-order chi connectivity index (χ1) is 9.68. The van der Waals surface area contributed by atoms with Crippen molar-refractivity contribution >= 4 is 17.5 Å². The first-order valence-electron chi connectivity index (χ1n) is 5.90. The average Bonchev–Trinajstić information content (AvgIpc) is 2.72. The lowest BCUT2D eigenvalue weighted by Gasteiger charge is -2.07. The topological polar surface area (TPSA) is 75.8 Å². The molecule has 0 aromatic heterocycles. The minimum Gasteiger partial charge on any atom is -0.570 e. The zero-order valence-electron chi connectivity index (χ0n) is 10.3. The van der Waals surface area contributed by atoms with Gasteiger partial charge < -0.3 is 5.21 Å². The molecule has 2 aromatic carbocycles. The number of benzene rings is 2. The molecule has 0 aliphatic carbocycles. The highest BCUT2D eigenvalue weighted by Gasteiger charge is 2.42. The van der Waals surface area contributed by atoms with Gasteiger partial charge in [-0.1, -0.05) is 30.3 Å². The number of carbonyl (C=O) groups is 2. The second kappa shape index (κ2) is 4.58. The third-order valence-electron chi connectivity index (χ3n) is 2.90. The van der Waals surface area contributed by atoms with Gasteiger partial charge in [0.05, 0.1) is 16.1 Å². The molecule has 0 saturated carbocycles. The molecular formula is C14H9N3O3. The minimum atomic E-state index is -0.666. The summed E-state index contributed by atoms with van der Waals surface area (Å²) in [6.07, 6.45) is 0. The van der Waals surface area contributed by atoms with Crippen LogP contribution in [0.2, 0.25) is 0 Å². The van der Waals surface area contributed by atoms with Crippen LogP contribution in [0.5, 0.6) is 0 Å². The third kappa shape index (κ3) is 1.83. The van der Waals surface area contributed by atoms with Gasteiger partial charge in [0.2, 0.25) is 0 Å². The summed E-state index contributed by atoms with van der Waals surface area (Å²) >= 11 is 0. The van der Waals surface area contributed by atoms with Crippen LogP contribution in [0.1, 0.15) is 20.7 Å². The summed E-state index contributed by atoms with van der Waals surface area (Å²) in [5.74, 6) is -1.33. The summed E-state index contributed by atoms with van der Waals surface area (Å²) in [4.78, 5) is 24.1. The number of nitrogens with zero attached hydrogens (tertiary/aromatic N) is 3. The monoisotopic (exact) mass is 267 g/mol. The van der Waals surface area contributed by atoms with Crippen molar-refractivity contribution in [3.63, 3.8) is 0 Å². The van der Waals surface area contributed by atoms with Crippen molar-refractivity contribution in [2.45, 2.75) is 0 Å². The maximum absolute atomic E-state index is 12.0. The molecule has 0 unspecified atom stereocenters. The summed E-state index contributed by atoms with van der Waals surface area (Å²) in [5, 5.41) is 16.1. The van der Waals surface area contributed by atoms with Crippen LogP contribution in [0.3, 0.4) is 0 Å². The van der Waals surface area contributed by atoms with E-state index in [1.165, 1.54) is 12.1 Å². The van der Waals surface area contributed by atoms with Gasteiger partial charge in [-0.15, -0.1) is 0 Å². The van der Waals surface area contributed by atoms with Crippen molar-refractivity contribution in [2.75, 3.05) is 0 Å². The molecule has 0 radical (unpaired) electrons. The largest absolute Gasteiger partial charge is 0.570 e. The summed E-state index contributed by atoms with van der Waals surface area (Å²) in [6, 6.07) is 14.7. The van der Waals surface area contributed by atoms with E-state index >= 15 is 0 Å².